The minimum atomic E-state index is -4.64. The Hall–Kier alpha value is -2.61. The van der Waals surface area contributed by atoms with Crippen LogP contribution in [0.2, 0.25) is 0 Å². The quantitative estimate of drug-likeness (QED) is 0.656. The lowest BCUT2D eigenvalue weighted by Crippen LogP contribution is -2.59. The lowest BCUT2D eigenvalue weighted by Gasteiger charge is -2.51. The van der Waals surface area contributed by atoms with E-state index in [4.69, 9.17) is 4.74 Å². The Kier molecular flexibility index (Phi) is 5.68. The number of benzene rings is 2. The predicted octanol–water partition coefficient (Wildman–Crippen LogP) is 5.39. The summed E-state index contributed by atoms with van der Waals surface area (Å²) in [5.41, 5.74) is -2.32. The average molecular weight is 437 g/mol. The fraction of sp³-hybridized carbons (Fsp3) is 0.435. The highest BCUT2D eigenvalue weighted by molar-refractivity contribution is 5.69. The first-order valence-corrected chi connectivity index (χ1v) is 10.3. The van der Waals surface area contributed by atoms with Crippen LogP contribution in [0.3, 0.4) is 0 Å². The number of amides is 1. The third kappa shape index (κ3) is 4.39. The third-order valence-electron chi connectivity index (χ3n) is 6.22. The van der Waals surface area contributed by atoms with Gasteiger partial charge in [0, 0.05) is 30.5 Å². The molecular formula is C23H23F4NO3. The van der Waals surface area contributed by atoms with Gasteiger partial charge in [-0.25, -0.2) is 9.18 Å². The molecular weight excluding hydrogens is 414 g/mol. The van der Waals surface area contributed by atoms with E-state index in [2.05, 4.69) is 0 Å². The van der Waals surface area contributed by atoms with Crippen LogP contribution in [0.15, 0.2) is 48.5 Å². The molecule has 0 radical (unpaired) electrons. The van der Waals surface area contributed by atoms with Gasteiger partial charge in [-0.2, -0.15) is 13.2 Å². The zero-order chi connectivity index (χ0) is 22.2. The van der Waals surface area contributed by atoms with Crippen molar-refractivity contribution in [3.8, 4) is 0 Å². The molecule has 2 atom stereocenters. The van der Waals surface area contributed by atoms with E-state index in [0.29, 0.717) is 25.0 Å². The second kappa shape index (κ2) is 8.15. The number of halogens is 4. The van der Waals surface area contributed by atoms with E-state index in [1.54, 1.807) is 4.90 Å². The molecule has 2 aromatic carbocycles. The van der Waals surface area contributed by atoms with Crippen LogP contribution in [-0.2, 0) is 23.1 Å². The first-order chi connectivity index (χ1) is 14.7. The van der Waals surface area contributed by atoms with Crippen molar-refractivity contribution in [1.82, 2.24) is 4.90 Å². The normalized spacial score (nSPS) is 25.9. The van der Waals surface area contributed by atoms with E-state index in [1.807, 2.05) is 30.3 Å². The Balaban J connectivity index is 1.55. The monoisotopic (exact) mass is 437 g/mol. The number of alkyl halides is 3. The van der Waals surface area contributed by atoms with Crippen LogP contribution in [0.4, 0.5) is 22.4 Å². The smallest absolute Gasteiger partial charge is 0.416 e. The Morgan fingerprint density at radius 3 is 2.35 bits per heavy atom. The summed E-state index contributed by atoms with van der Waals surface area (Å²) in [6, 6.07) is 10.4. The number of hydrogen-bond donors (Lipinski definition) is 1. The summed E-state index contributed by atoms with van der Waals surface area (Å²) < 4.78 is 59.4. The minimum absolute atomic E-state index is 0.0395. The molecule has 2 aliphatic rings. The van der Waals surface area contributed by atoms with E-state index in [1.165, 1.54) is 0 Å². The SMILES string of the molecule is O=C(OCc1ccccc1)N1C2CCCC1CC(O)(c1cc(C(F)(F)F)ccc1F)C2. The molecule has 0 aromatic heterocycles. The maximum Gasteiger partial charge on any atom is 0.416 e. The summed E-state index contributed by atoms with van der Waals surface area (Å²) in [5.74, 6) is -0.881. The van der Waals surface area contributed by atoms with Gasteiger partial charge in [-0.05, 0) is 43.0 Å². The maximum absolute atomic E-state index is 14.5. The van der Waals surface area contributed by atoms with Gasteiger partial charge in [0.05, 0.1) is 11.2 Å². The number of fused-ring (bicyclic) bond motifs is 2. The molecule has 166 valence electrons. The van der Waals surface area contributed by atoms with E-state index in [-0.39, 0.29) is 25.0 Å². The average Bonchev–Trinajstić information content (AvgIpc) is 2.71. The van der Waals surface area contributed by atoms with Crippen molar-refractivity contribution < 1.29 is 32.2 Å². The van der Waals surface area contributed by atoms with Crippen LogP contribution >= 0.6 is 0 Å². The molecule has 2 aromatic rings. The molecule has 0 spiro atoms. The van der Waals surface area contributed by atoms with Crippen LogP contribution in [0.1, 0.15) is 48.8 Å². The van der Waals surface area contributed by atoms with Crippen LogP contribution < -0.4 is 0 Å². The van der Waals surface area contributed by atoms with Crippen molar-refractivity contribution in [3.05, 3.63) is 71.0 Å². The number of ether oxygens (including phenoxy) is 1. The van der Waals surface area contributed by atoms with Gasteiger partial charge < -0.3 is 14.7 Å². The zero-order valence-electron chi connectivity index (χ0n) is 16.7. The number of nitrogens with zero attached hydrogens (tertiary/aromatic N) is 1. The Morgan fingerprint density at radius 2 is 1.74 bits per heavy atom. The molecule has 2 heterocycles. The summed E-state index contributed by atoms with van der Waals surface area (Å²) >= 11 is 0. The van der Waals surface area contributed by atoms with Gasteiger partial charge in [0.2, 0.25) is 0 Å². The highest BCUT2D eigenvalue weighted by atomic mass is 19.4. The van der Waals surface area contributed by atoms with Gasteiger partial charge in [-0.3, -0.25) is 0 Å². The van der Waals surface area contributed by atoms with Crippen LogP contribution in [0, 0.1) is 5.82 Å². The first-order valence-electron chi connectivity index (χ1n) is 10.3. The van der Waals surface area contributed by atoms with Crippen molar-refractivity contribution in [2.75, 3.05) is 0 Å². The molecule has 4 nitrogen and oxygen atoms in total. The van der Waals surface area contributed by atoms with E-state index in [0.717, 1.165) is 18.1 Å². The molecule has 1 N–H and O–H groups in total. The lowest BCUT2D eigenvalue weighted by atomic mass is 9.72. The second-order valence-corrected chi connectivity index (χ2v) is 8.32. The third-order valence-corrected chi connectivity index (χ3v) is 6.22. The van der Waals surface area contributed by atoms with Gasteiger partial charge in [-0.15, -0.1) is 0 Å². The van der Waals surface area contributed by atoms with Crippen LogP contribution in [0.25, 0.3) is 0 Å². The summed E-state index contributed by atoms with van der Waals surface area (Å²) in [6.45, 7) is 0.0993. The molecule has 2 aliphatic heterocycles. The van der Waals surface area contributed by atoms with Gasteiger partial charge in [0.1, 0.15) is 12.4 Å². The molecule has 8 heteroatoms. The number of piperidine rings is 2. The van der Waals surface area contributed by atoms with Gasteiger partial charge in [0.15, 0.2) is 0 Å². The Bertz CT molecular complexity index is 934. The van der Waals surface area contributed by atoms with E-state index in [9.17, 15) is 27.5 Å². The van der Waals surface area contributed by atoms with Crippen LogP contribution in [0.5, 0.6) is 0 Å². The van der Waals surface area contributed by atoms with Crippen molar-refractivity contribution in [2.45, 2.75) is 62.6 Å². The Labute approximate surface area is 177 Å². The summed E-state index contributed by atoms with van der Waals surface area (Å²) in [4.78, 5) is 14.4. The van der Waals surface area contributed by atoms with Crippen molar-refractivity contribution >= 4 is 6.09 Å². The molecule has 2 fully saturated rings. The fourth-order valence-corrected chi connectivity index (χ4v) is 4.80. The fourth-order valence-electron chi connectivity index (χ4n) is 4.80. The number of aliphatic hydroxyl groups is 1. The number of carbonyl (C=O) groups excluding carboxylic acids is 1. The van der Waals surface area contributed by atoms with Gasteiger partial charge >= 0.3 is 12.3 Å². The first kappa shape index (κ1) is 21.6. The highest BCUT2D eigenvalue weighted by Gasteiger charge is 2.50. The number of carbonyl (C=O) groups is 1. The van der Waals surface area contributed by atoms with Gasteiger partial charge in [-0.1, -0.05) is 30.3 Å². The standard InChI is InChI=1S/C23H23F4NO3/c24-20-10-9-16(23(25,26)27)11-19(20)22(30)12-17-7-4-8-18(13-22)28(17)21(29)31-14-15-5-2-1-3-6-15/h1-3,5-6,9-11,17-18,30H,4,7-8,12-14H2. The molecule has 31 heavy (non-hydrogen) atoms. The number of hydrogen-bond acceptors (Lipinski definition) is 3. The van der Waals surface area contributed by atoms with Gasteiger partial charge in [0.25, 0.3) is 0 Å². The predicted molar refractivity (Wildman–Crippen MR) is 104 cm³/mol. The molecule has 1 amide bonds. The van der Waals surface area contributed by atoms with Crippen molar-refractivity contribution in [3.63, 3.8) is 0 Å². The van der Waals surface area contributed by atoms with E-state index < -0.39 is 41.3 Å². The summed E-state index contributed by atoms with van der Waals surface area (Å²) in [6.07, 6.45) is -3.29. The second-order valence-electron chi connectivity index (χ2n) is 8.32. The maximum atomic E-state index is 14.5. The highest BCUT2D eigenvalue weighted by Crippen LogP contribution is 2.46. The lowest BCUT2D eigenvalue weighted by molar-refractivity contribution is -0.138. The van der Waals surface area contributed by atoms with Crippen molar-refractivity contribution in [2.24, 2.45) is 0 Å². The molecule has 2 bridgehead atoms. The molecule has 0 saturated carbocycles. The topological polar surface area (TPSA) is 49.8 Å². The van der Waals surface area contributed by atoms with Crippen LogP contribution in [-0.4, -0.2) is 28.2 Å². The molecule has 2 unspecified atom stereocenters. The molecule has 4 rings (SSSR count). The zero-order valence-corrected chi connectivity index (χ0v) is 16.7. The minimum Gasteiger partial charge on any atom is -0.445 e. The van der Waals surface area contributed by atoms with E-state index >= 15 is 0 Å². The number of rotatable bonds is 3. The molecule has 2 saturated heterocycles. The molecule has 0 aliphatic carbocycles. The summed E-state index contributed by atoms with van der Waals surface area (Å²) in [5, 5.41) is 11.2. The van der Waals surface area contributed by atoms with Crippen molar-refractivity contribution in [1.29, 1.82) is 0 Å². The summed E-state index contributed by atoms with van der Waals surface area (Å²) in [7, 11) is 0. The Morgan fingerprint density at radius 1 is 1.10 bits per heavy atom. The largest absolute Gasteiger partial charge is 0.445 e.